The third-order valence-corrected chi connectivity index (χ3v) is 1.91. The highest BCUT2D eigenvalue weighted by atomic mass is 16.3. The van der Waals surface area contributed by atoms with Gasteiger partial charge in [-0.05, 0) is 13.0 Å². The van der Waals surface area contributed by atoms with Gasteiger partial charge in [-0.2, -0.15) is 0 Å². The van der Waals surface area contributed by atoms with Crippen molar-refractivity contribution in [1.82, 2.24) is 4.90 Å². The van der Waals surface area contributed by atoms with Crippen LogP contribution in [0.2, 0.25) is 0 Å². The van der Waals surface area contributed by atoms with Crippen LogP contribution in [0.3, 0.4) is 0 Å². The molecule has 66 valence electrons. The molecule has 0 aliphatic rings. The van der Waals surface area contributed by atoms with Gasteiger partial charge in [-0.3, -0.25) is 4.79 Å². The lowest BCUT2D eigenvalue weighted by atomic mass is 10.2. The topological polar surface area (TPSA) is 33.5 Å². The fourth-order valence-electron chi connectivity index (χ4n) is 0.942. The molecule has 0 fully saturated rings. The van der Waals surface area contributed by atoms with Crippen LogP contribution in [0.25, 0.3) is 0 Å². The molecule has 0 N–H and O–H groups in total. The standard InChI is InChI=1S/C9H13NO2/c1-7-9(4-5-12-7)6-10(3)8(2)11/h4-5H,6H2,1-3H3. The van der Waals surface area contributed by atoms with Crippen molar-refractivity contribution in [3.63, 3.8) is 0 Å². The number of furan rings is 1. The lowest BCUT2D eigenvalue weighted by molar-refractivity contribution is -0.128. The monoisotopic (exact) mass is 167 g/mol. The van der Waals surface area contributed by atoms with Crippen LogP contribution in [-0.2, 0) is 11.3 Å². The molecule has 0 unspecified atom stereocenters. The number of carbonyl (C=O) groups excluding carboxylic acids is 1. The maximum Gasteiger partial charge on any atom is 0.219 e. The van der Waals surface area contributed by atoms with Crippen molar-refractivity contribution in [3.8, 4) is 0 Å². The molecule has 3 heteroatoms. The zero-order valence-electron chi connectivity index (χ0n) is 7.63. The van der Waals surface area contributed by atoms with Crippen molar-refractivity contribution in [2.24, 2.45) is 0 Å². The second-order valence-electron chi connectivity index (χ2n) is 2.88. The molecule has 3 nitrogen and oxygen atoms in total. The Morgan fingerprint density at radius 1 is 1.67 bits per heavy atom. The van der Waals surface area contributed by atoms with Crippen LogP contribution >= 0.6 is 0 Å². The lowest BCUT2D eigenvalue weighted by Crippen LogP contribution is -2.23. The summed E-state index contributed by atoms with van der Waals surface area (Å²) in [5.74, 6) is 0.943. The maximum absolute atomic E-state index is 10.9. The molecule has 0 saturated carbocycles. The van der Waals surface area contributed by atoms with E-state index in [0.29, 0.717) is 6.54 Å². The summed E-state index contributed by atoms with van der Waals surface area (Å²) in [5.41, 5.74) is 1.06. The number of carbonyl (C=O) groups is 1. The third kappa shape index (κ3) is 1.87. The molecule has 1 aromatic rings. The maximum atomic E-state index is 10.9. The predicted molar refractivity (Wildman–Crippen MR) is 45.6 cm³/mol. The summed E-state index contributed by atoms with van der Waals surface area (Å²) in [6, 6.07) is 1.88. The summed E-state index contributed by atoms with van der Waals surface area (Å²) in [4.78, 5) is 12.5. The zero-order valence-corrected chi connectivity index (χ0v) is 7.63. The van der Waals surface area contributed by atoms with Crippen molar-refractivity contribution in [3.05, 3.63) is 23.7 Å². The molecule has 0 aromatic carbocycles. The molecule has 0 atom stereocenters. The number of aryl methyl sites for hydroxylation is 1. The highest BCUT2D eigenvalue weighted by Gasteiger charge is 2.06. The van der Waals surface area contributed by atoms with Gasteiger partial charge in [0.1, 0.15) is 5.76 Å². The van der Waals surface area contributed by atoms with Crippen LogP contribution in [0.15, 0.2) is 16.7 Å². The van der Waals surface area contributed by atoms with Gasteiger partial charge >= 0.3 is 0 Å². The van der Waals surface area contributed by atoms with Crippen LogP contribution < -0.4 is 0 Å². The minimum absolute atomic E-state index is 0.0654. The molecule has 0 aliphatic heterocycles. The first-order valence-corrected chi connectivity index (χ1v) is 3.86. The molecule has 0 radical (unpaired) electrons. The van der Waals surface area contributed by atoms with Crippen LogP contribution in [0.1, 0.15) is 18.2 Å². The van der Waals surface area contributed by atoms with Gasteiger partial charge < -0.3 is 9.32 Å². The summed E-state index contributed by atoms with van der Waals surface area (Å²) >= 11 is 0. The van der Waals surface area contributed by atoms with Crippen LogP contribution in [0.4, 0.5) is 0 Å². The molecule has 0 bridgehead atoms. The summed E-state index contributed by atoms with van der Waals surface area (Å²) < 4.78 is 5.11. The highest BCUT2D eigenvalue weighted by Crippen LogP contribution is 2.10. The van der Waals surface area contributed by atoms with Crippen molar-refractivity contribution in [2.75, 3.05) is 7.05 Å². The van der Waals surface area contributed by atoms with Crippen molar-refractivity contribution < 1.29 is 9.21 Å². The molecule has 1 aromatic heterocycles. The summed E-state index contributed by atoms with van der Waals surface area (Å²) in [7, 11) is 1.77. The smallest absolute Gasteiger partial charge is 0.219 e. The first-order valence-electron chi connectivity index (χ1n) is 3.86. The number of amides is 1. The molecule has 12 heavy (non-hydrogen) atoms. The van der Waals surface area contributed by atoms with Crippen molar-refractivity contribution in [1.29, 1.82) is 0 Å². The molecule has 0 saturated heterocycles. The van der Waals surface area contributed by atoms with E-state index in [9.17, 15) is 4.79 Å². The van der Waals surface area contributed by atoms with E-state index in [4.69, 9.17) is 4.42 Å². The zero-order chi connectivity index (χ0) is 9.14. The van der Waals surface area contributed by atoms with Crippen LogP contribution in [0.5, 0.6) is 0 Å². The van der Waals surface area contributed by atoms with Gasteiger partial charge in [0.2, 0.25) is 5.91 Å². The van der Waals surface area contributed by atoms with E-state index in [2.05, 4.69) is 0 Å². The molecule has 1 rings (SSSR count). The SMILES string of the molecule is CC(=O)N(C)Cc1ccoc1C. The summed E-state index contributed by atoms with van der Waals surface area (Å²) in [5, 5.41) is 0. The van der Waals surface area contributed by atoms with Gasteiger partial charge in [0.15, 0.2) is 0 Å². The first kappa shape index (κ1) is 8.84. The van der Waals surface area contributed by atoms with Crippen LogP contribution in [-0.4, -0.2) is 17.9 Å². The van der Waals surface area contributed by atoms with Crippen molar-refractivity contribution >= 4 is 5.91 Å². The van der Waals surface area contributed by atoms with Gasteiger partial charge in [-0.25, -0.2) is 0 Å². The Bertz CT molecular complexity index is 278. The van der Waals surface area contributed by atoms with Gasteiger partial charge in [-0.1, -0.05) is 0 Å². The summed E-state index contributed by atoms with van der Waals surface area (Å²) in [6.07, 6.45) is 1.64. The van der Waals surface area contributed by atoms with Gasteiger partial charge in [0.25, 0.3) is 0 Å². The lowest BCUT2D eigenvalue weighted by Gasteiger charge is -2.13. The fraction of sp³-hybridized carbons (Fsp3) is 0.444. The van der Waals surface area contributed by atoms with E-state index in [-0.39, 0.29) is 5.91 Å². The van der Waals surface area contributed by atoms with E-state index < -0.39 is 0 Å². The first-order chi connectivity index (χ1) is 5.61. The second-order valence-corrected chi connectivity index (χ2v) is 2.88. The number of rotatable bonds is 2. The largest absolute Gasteiger partial charge is 0.469 e. The number of hydrogen-bond acceptors (Lipinski definition) is 2. The van der Waals surface area contributed by atoms with E-state index in [1.807, 2.05) is 13.0 Å². The van der Waals surface area contributed by atoms with Gasteiger partial charge in [0.05, 0.1) is 6.26 Å². The minimum atomic E-state index is 0.0654. The van der Waals surface area contributed by atoms with E-state index in [1.54, 1.807) is 25.1 Å². The minimum Gasteiger partial charge on any atom is -0.469 e. The predicted octanol–water partition coefficient (Wildman–Crippen LogP) is 1.57. The molecular weight excluding hydrogens is 154 g/mol. The average Bonchev–Trinajstić information content (AvgIpc) is 2.36. The summed E-state index contributed by atoms with van der Waals surface area (Å²) in [6.45, 7) is 4.07. The second kappa shape index (κ2) is 3.43. The van der Waals surface area contributed by atoms with E-state index in [0.717, 1.165) is 11.3 Å². The quantitative estimate of drug-likeness (QED) is 0.669. The van der Waals surface area contributed by atoms with Crippen LogP contribution in [0, 0.1) is 6.92 Å². The molecule has 1 amide bonds. The third-order valence-electron chi connectivity index (χ3n) is 1.91. The fourth-order valence-corrected chi connectivity index (χ4v) is 0.942. The Hall–Kier alpha value is -1.25. The van der Waals surface area contributed by atoms with E-state index in [1.165, 1.54) is 0 Å². The molecule has 0 aliphatic carbocycles. The molecule has 1 heterocycles. The Kier molecular flexibility index (Phi) is 2.53. The van der Waals surface area contributed by atoms with Gasteiger partial charge in [-0.15, -0.1) is 0 Å². The van der Waals surface area contributed by atoms with Crippen molar-refractivity contribution in [2.45, 2.75) is 20.4 Å². The molecule has 0 spiro atoms. The number of hydrogen-bond donors (Lipinski definition) is 0. The van der Waals surface area contributed by atoms with Gasteiger partial charge in [0, 0.05) is 26.1 Å². The Morgan fingerprint density at radius 3 is 2.75 bits per heavy atom. The van der Waals surface area contributed by atoms with E-state index >= 15 is 0 Å². The molecular formula is C9H13NO2. The highest BCUT2D eigenvalue weighted by molar-refractivity contribution is 5.72. The Balaban J connectivity index is 2.64. The Morgan fingerprint density at radius 2 is 2.33 bits per heavy atom. The Labute approximate surface area is 72.0 Å². The number of nitrogens with zero attached hydrogens (tertiary/aromatic N) is 1. The normalized spacial score (nSPS) is 9.92. The average molecular weight is 167 g/mol.